The molecule has 0 radical (unpaired) electrons. The zero-order chi connectivity index (χ0) is 19.7. The number of benzene rings is 1. The number of aromatic nitrogens is 1. The lowest BCUT2D eigenvalue weighted by atomic mass is 9.95. The minimum atomic E-state index is -0.727. The largest absolute Gasteiger partial charge is 0.507 e. The zero-order valence-corrected chi connectivity index (χ0v) is 15.2. The first-order valence-corrected chi connectivity index (χ1v) is 8.84. The van der Waals surface area contributed by atoms with E-state index in [1.165, 1.54) is 11.2 Å². The molecule has 2 aromatic heterocycles. The lowest BCUT2D eigenvalue weighted by Crippen LogP contribution is -2.29. The third kappa shape index (κ3) is 3.09. The number of rotatable bonds is 4. The Hall–Kier alpha value is -3.67. The number of amides is 1. The summed E-state index contributed by atoms with van der Waals surface area (Å²) in [6, 6.07) is 13.3. The molecule has 1 atom stereocenters. The second kappa shape index (κ2) is 7.15. The molecule has 3 aromatic rings. The molecule has 1 N–H and O–H groups in total. The van der Waals surface area contributed by atoms with E-state index in [0.717, 1.165) is 5.56 Å². The molecule has 6 nitrogen and oxygen atoms in total. The van der Waals surface area contributed by atoms with Gasteiger partial charge in [-0.2, -0.15) is 0 Å². The van der Waals surface area contributed by atoms with Crippen LogP contribution in [0.25, 0.3) is 5.76 Å². The number of likely N-dealkylation sites (tertiary alicyclic amines) is 1. The maximum Gasteiger partial charge on any atom is 0.296 e. The van der Waals surface area contributed by atoms with Gasteiger partial charge in [-0.05, 0) is 36.8 Å². The second-order valence-electron chi connectivity index (χ2n) is 6.65. The molecule has 1 amide bonds. The standard InChI is InChI=1S/C22H18N2O4/c1-14-4-6-16(7-5-14)20(25)18-19(15-8-10-23-11-9-15)24(22(27)21(18)26)13-17-3-2-12-28-17/h2-12,19,25H,13H2,1H3/b20-18-. The van der Waals surface area contributed by atoms with Gasteiger partial charge in [-0.3, -0.25) is 14.6 Å². The number of ketones is 1. The minimum absolute atomic E-state index is 0.0617. The minimum Gasteiger partial charge on any atom is -0.507 e. The van der Waals surface area contributed by atoms with Gasteiger partial charge in [0, 0.05) is 18.0 Å². The highest BCUT2D eigenvalue weighted by Gasteiger charge is 2.46. The van der Waals surface area contributed by atoms with Crippen molar-refractivity contribution >= 4 is 17.4 Å². The highest BCUT2D eigenvalue weighted by molar-refractivity contribution is 6.46. The van der Waals surface area contributed by atoms with Crippen molar-refractivity contribution in [1.82, 2.24) is 9.88 Å². The second-order valence-corrected chi connectivity index (χ2v) is 6.65. The van der Waals surface area contributed by atoms with Crippen molar-refractivity contribution in [3.63, 3.8) is 0 Å². The number of hydrogen-bond donors (Lipinski definition) is 1. The number of Topliss-reactive ketones (excluding diaryl/α,β-unsaturated/α-hetero) is 1. The molecule has 0 saturated carbocycles. The fourth-order valence-electron chi connectivity index (χ4n) is 3.37. The van der Waals surface area contributed by atoms with Crippen LogP contribution >= 0.6 is 0 Å². The summed E-state index contributed by atoms with van der Waals surface area (Å²) in [6.07, 6.45) is 4.70. The Morgan fingerprint density at radius 2 is 1.82 bits per heavy atom. The van der Waals surface area contributed by atoms with Gasteiger partial charge in [0.15, 0.2) is 0 Å². The molecular formula is C22H18N2O4. The van der Waals surface area contributed by atoms with Crippen molar-refractivity contribution in [2.75, 3.05) is 0 Å². The molecule has 0 spiro atoms. The zero-order valence-electron chi connectivity index (χ0n) is 15.2. The van der Waals surface area contributed by atoms with Crippen LogP contribution in [0.5, 0.6) is 0 Å². The molecule has 1 fully saturated rings. The van der Waals surface area contributed by atoms with Crippen molar-refractivity contribution < 1.29 is 19.1 Å². The fourth-order valence-corrected chi connectivity index (χ4v) is 3.37. The van der Waals surface area contributed by atoms with Crippen LogP contribution in [0.3, 0.4) is 0 Å². The Balaban J connectivity index is 1.85. The first kappa shape index (κ1) is 17.7. The fraction of sp³-hybridized carbons (Fsp3) is 0.136. The first-order chi connectivity index (χ1) is 13.6. The number of furan rings is 1. The SMILES string of the molecule is Cc1ccc(/C(O)=C2/C(=O)C(=O)N(Cc3ccco3)C2c2ccncc2)cc1. The van der Waals surface area contributed by atoms with Crippen LogP contribution in [0.1, 0.15) is 28.5 Å². The van der Waals surface area contributed by atoms with Gasteiger partial charge < -0.3 is 14.4 Å². The normalized spacial score (nSPS) is 18.6. The van der Waals surface area contributed by atoms with Crippen LogP contribution in [0.15, 0.2) is 77.2 Å². The van der Waals surface area contributed by atoms with E-state index in [0.29, 0.717) is 16.9 Å². The Kier molecular flexibility index (Phi) is 4.53. The molecule has 3 heterocycles. The van der Waals surface area contributed by atoms with Gasteiger partial charge in [-0.15, -0.1) is 0 Å². The first-order valence-electron chi connectivity index (χ1n) is 8.84. The van der Waals surface area contributed by atoms with E-state index in [-0.39, 0.29) is 17.9 Å². The third-order valence-corrected chi connectivity index (χ3v) is 4.79. The van der Waals surface area contributed by atoms with E-state index in [9.17, 15) is 14.7 Å². The number of aliphatic hydroxyl groups excluding tert-OH is 1. The summed E-state index contributed by atoms with van der Waals surface area (Å²) in [5.74, 6) is -1.03. The number of pyridine rings is 1. The Bertz CT molecular complexity index is 1040. The Morgan fingerprint density at radius 3 is 2.46 bits per heavy atom. The van der Waals surface area contributed by atoms with E-state index in [2.05, 4.69) is 4.98 Å². The molecule has 6 heteroatoms. The van der Waals surface area contributed by atoms with Crippen molar-refractivity contribution in [3.05, 3.63) is 95.2 Å². The summed E-state index contributed by atoms with van der Waals surface area (Å²) >= 11 is 0. The monoisotopic (exact) mass is 374 g/mol. The van der Waals surface area contributed by atoms with E-state index in [4.69, 9.17) is 4.42 Å². The average molecular weight is 374 g/mol. The molecule has 1 aliphatic rings. The summed E-state index contributed by atoms with van der Waals surface area (Å²) in [4.78, 5) is 31.1. The smallest absolute Gasteiger partial charge is 0.296 e. The van der Waals surface area contributed by atoms with Gasteiger partial charge in [0.25, 0.3) is 11.7 Å². The number of aryl methyl sites for hydroxylation is 1. The predicted octanol–water partition coefficient (Wildman–Crippen LogP) is 3.60. The summed E-state index contributed by atoms with van der Waals surface area (Å²) in [5, 5.41) is 10.9. The van der Waals surface area contributed by atoms with E-state index in [1.807, 2.05) is 19.1 Å². The highest BCUT2D eigenvalue weighted by atomic mass is 16.3. The Morgan fingerprint density at radius 1 is 1.11 bits per heavy atom. The van der Waals surface area contributed by atoms with Gasteiger partial charge in [0.1, 0.15) is 11.5 Å². The summed E-state index contributed by atoms with van der Waals surface area (Å²) < 4.78 is 5.36. The van der Waals surface area contributed by atoms with E-state index in [1.54, 1.807) is 48.8 Å². The number of nitrogens with zero attached hydrogens (tertiary/aromatic N) is 2. The molecule has 0 aliphatic carbocycles. The van der Waals surface area contributed by atoms with Gasteiger partial charge >= 0.3 is 0 Å². The lowest BCUT2D eigenvalue weighted by Gasteiger charge is -2.24. The number of hydrogen-bond acceptors (Lipinski definition) is 5. The van der Waals surface area contributed by atoms with Crippen molar-refractivity contribution in [2.24, 2.45) is 0 Å². The quantitative estimate of drug-likeness (QED) is 0.428. The molecule has 1 unspecified atom stereocenters. The predicted molar refractivity (Wildman–Crippen MR) is 102 cm³/mol. The molecule has 28 heavy (non-hydrogen) atoms. The topological polar surface area (TPSA) is 83.6 Å². The van der Waals surface area contributed by atoms with E-state index >= 15 is 0 Å². The molecular weight excluding hydrogens is 356 g/mol. The van der Waals surface area contributed by atoms with Crippen molar-refractivity contribution in [2.45, 2.75) is 19.5 Å². The molecule has 140 valence electrons. The van der Waals surface area contributed by atoms with Crippen molar-refractivity contribution in [3.8, 4) is 0 Å². The molecule has 4 rings (SSSR count). The van der Waals surface area contributed by atoms with E-state index < -0.39 is 17.7 Å². The highest BCUT2D eigenvalue weighted by Crippen LogP contribution is 2.40. The lowest BCUT2D eigenvalue weighted by molar-refractivity contribution is -0.140. The number of carbonyl (C=O) groups is 2. The van der Waals surface area contributed by atoms with Crippen LogP contribution in [-0.4, -0.2) is 26.7 Å². The molecule has 0 bridgehead atoms. The van der Waals surface area contributed by atoms with Gasteiger partial charge in [-0.1, -0.05) is 29.8 Å². The van der Waals surface area contributed by atoms with Gasteiger partial charge in [-0.25, -0.2) is 0 Å². The summed E-state index contributed by atoms with van der Waals surface area (Å²) in [7, 11) is 0. The van der Waals surface area contributed by atoms with Crippen LogP contribution in [0.2, 0.25) is 0 Å². The van der Waals surface area contributed by atoms with Crippen molar-refractivity contribution in [1.29, 1.82) is 0 Å². The summed E-state index contributed by atoms with van der Waals surface area (Å²) in [5.41, 5.74) is 2.27. The number of carbonyl (C=O) groups excluding carboxylic acids is 2. The maximum atomic E-state index is 12.9. The third-order valence-electron chi connectivity index (χ3n) is 4.79. The Labute approximate surface area is 161 Å². The van der Waals surface area contributed by atoms with Crippen LogP contribution in [0, 0.1) is 6.92 Å². The molecule has 1 aliphatic heterocycles. The van der Waals surface area contributed by atoms with Gasteiger partial charge in [0.05, 0.1) is 24.4 Å². The maximum absolute atomic E-state index is 12.9. The van der Waals surface area contributed by atoms with Crippen LogP contribution < -0.4 is 0 Å². The van der Waals surface area contributed by atoms with Crippen LogP contribution in [0.4, 0.5) is 0 Å². The number of aliphatic hydroxyl groups is 1. The van der Waals surface area contributed by atoms with Gasteiger partial charge in [0.2, 0.25) is 0 Å². The average Bonchev–Trinajstić information content (AvgIpc) is 3.31. The molecule has 1 aromatic carbocycles. The van der Waals surface area contributed by atoms with Crippen LogP contribution in [-0.2, 0) is 16.1 Å². The summed E-state index contributed by atoms with van der Waals surface area (Å²) in [6.45, 7) is 2.05. The molecule has 1 saturated heterocycles.